The summed E-state index contributed by atoms with van der Waals surface area (Å²) >= 11 is 0. The number of aromatic hydroxyl groups is 1. The lowest BCUT2D eigenvalue weighted by Crippen LogP contribution is -2.55. The monoisotopic (exact) mass is 666 g/mol. The molecule has 13 nitrogen and oxygen atoms in total. The van der Waals surface area contributed by atoms with Gasteiger partial charge in [0.2, 0.25) is 23.6 Å². The zero-order chi connectivity index (χ0) is 34.9. The minimum absolute atomic E-state index is 0.0675. The molecule has 4 amide bonds. The van der Waals surface area contributed by atoms with E-state index in [2.05, 4.69) is 42.5 Å². The molecule has 0 radical (unpaired) electrons. The van der Waals surface area contributed by atoms with Crippen molar-refractivity contribution in [1.29, 1.82) is 0 Å². The van der Waals surface area contributed by atoms with Gasteiger partial charge in [-0.05, 0) is 108 Å². The van der Waals surface area contributed by atoms with E-state index < -0.39 is 30.1 Å². The summed E-state index contributed by atoms with van der Waals surface area (Å²) < 4.78 is 0. The molecular weight excluding hydrogens is 612 g/mol. The highest BCUT2D eigenvalue weighted by molar-refractivity contribution is 5.91. The summed E-state index contributed by atoms with van der Waals surface area (Å²) in [6, 6.07) is 10.3. The fraction of sp³-hybridized carbons (Fsp3) is 0.543. The normalized spacial score (nSPS) is 18.9. The molecule has 13 heteroatoms. The van der Waals surface area contributed by atoms with Gasteiger partial charge in [-0.15, -0.1) is 0 Å². The number of hydrogen-bond acceptors (Lipinski definition) is 9. The average molecular weight is 667 g/mol. The number of phenols is 1. The second kappa shape index (κ2) is 20.4. The molecule has 4 atom stereocenters. The maximum atomic E-state index is 13.8. The molecule has 0 unspecified atom stereocenters. The predicted octanol–water partition coefficient (Wildman–Crippen LogP) is -0.0749. The first-order valence-electron chi connectivity index (χ1n) is 16.9. The zero-order valence-corrected chi connectivity index (χ0v) is 28.7. The first-order valence-corrected chi connectivity index (χ1v) is 16.9. The number of amides is 4. The number of phenolic OH excluding ortho intramolecular Hbond substituents is 1. The Morgan fingerprint density at radius 2 is 1.58 bits per heavy atom. The van der Waals surface area contributed by atoms with Crippen LogP contribution in [0.3, 0.4) is 0 Å². The molecule has 0 saturated heterocycles. The molecule has 9 N–H and O–H groups in total. The van der Waals surface area contributed by atoms with Crippen LogP contribution in [0.4, 0.5) is 0 Å². The SMILES string of the molecule is CNCCC[C@H](NC(=O)C[C@@H]1Cc2cccc(c2)-c2ccc(O)c(c2)C[C@H](NC)C(=O)N[C@@H](CCCNC)C(=O)N1)C(=O)NCCNC. The first-order chi connectivity index (χ1) is 23.2. The van der Waals surface area contributed by atoms with Crippen molar-refractivity contribution >= 4 is 23.6 Å². The van der Waals surface area contributed by atoms with Crippen LogP contribution in [0.2, 0.25) is 0 Å². The average Bonchev–Trinajstić information content (AvgIpc) is 3.06. The summed E-state index contributed by atoms with van der Waals surface area (Å²) in [5.74, 6) is -1.29. The Bertz CT molecular complexity index is 1360. The van der Waals surface area contributed by atoms with Crippen molar-refractivity contribution in [3.05, 3.63) is 53.6 Å². The predicted molar refractivity (Wildman–Crippen MR) is 187 cm³/mol. The Labute approximate surface area is 284 Å². The number of rotatable bonds is 16. The van der Waals surface area contributed by atoms with Crippen LogP contribution in [0.15, 0.2) is 42.5 Å². The van der Waals surface area contributed by atoms with Crippen LogP contribution < -0.4 is 42.5 Å². The summed E-state index contributed by atoms with van der Waals surface area (Å²) in [4.78, 5) is 53.9. The number of carbonyl (C=O) groups is 4. The Morgan fingerprint density at radius 1 is 0.854 bits per heavy atom. The van der Waals surface area contributed by atoms with Crippen LogP contribution in [-0.2, 0) is 32.0 Å². The van der Waals surface area contributed by atoms with Gasteiger partial charge in [-0.25, -0.2) is 0 Å². The van der Waals surface area contributed by atoms with Gasteiger partial charge in [0.15, 0.2) is 0 Å². The van der Waals surface area contributed by atoms with Gasteiger partial charge < -0.3 is 47.6 Å². The molecule has 1 aliphatic heterocycles. The van der Waals surface area contributed by atoms with Crippen LogP contribution in [0.5, 0.6) is 5.75 Å². The third-order valence-corrected chi connectivity index (χ3v) is 8.49. The lowest BCUT2D eigenvalue weighted by Gasteiger charge is -2.26. The molecule has 2 aromatic carbocycles. The molecular formula is C35H54N8O5. The van der Waals surface area contributed by atoms with E-state index in [1.165, 1.54) is 0 Å². The summed E-state index contributed by atoms with van der Waals surface area (Å²) in [6.07, 6.45) is 2.64. The summed E-state index contributed by atoms with van der Waals surface area (Å²) in [6.45, 7) is 2.38. The fourth-order valence-electron chi connectivity index (χ4n) is 5.80. The molecule has 0 spiro atoms. The third kappa shape index (κ3) is 12.2. The molecule has 4 bridgehead atoms. The number of nitrogens with one attached hydrogen (secondary N) is 8. The van der Waals surface area contributed by atoms with Crippen LogP contribution in [0.25, 0.3) is 11.1 Å². The van der Waals surface area contributed by atoms with Crippen molar-refractivity contribution in [2.75, 3.05) is 54.4 Å². The molecule has 48 heavy (non-hydrogen) atoms. The van der Waals surface area contributed by atoms with Crippen LogP contribution >= 0.6 is 0 Å². The molecule has 1 aliphatic rings. The van der Waals surface area contributed by atoms with Crippen molar-refractivity contribution in [3.8, 4) is 16.9 Å². The number of fused-ring (bicyclic) bond motifs is 5. The van der Waals surface area contributed by atoms with Gasteiger partial charge in [-0.1, -0.05) is 30.3 Å². The van der Waals surface area contributed by atoms with Crippen molar-refractivity contribution in [2.24, 2.45) is 0 Å². The van der Waals surface area contributed by atoms with E-state index in [1.54, 1.807) is 20.2 Å². The lowest BCUT2D eigenvalue weighted by atomic mass is 9.95. The highest BCUT2D eigenvalue weighted by Crippen LogP contribution is 2.28. The quantitative estimate of drug-likeness (QED) is 0.111. The highest BCUT2D eigenvalue weighted by atomic mass is 16.3. The molecule has 2 aromatic rings. The minimum Gasteiger partial charge on any atom is -0.508 e. The molecule has 0 aliphatic carbocycles. The summed E-state index contributed by atoms with van der Waals surface area (Å²) in [7, 11) is 7.12. The van der Waals surface area contributed by atoms with E-state index in [4.69, 9.17) is 0 Å². The minimum atomic E-state index is -0.851. The fourth-order valence-corrected chi connectivity index (χ4v) is 5.80. The van der Waals surface area contributed by atoms with E-state index in [0.717, 1.165) is 16.7 Å². The van der Waals surface area contributed by atoms with Gasteiger partial charge in [-0.2, -0.15) is 0 Å². The maximum absolute atomic E-state index is 13.8. The van der Waals surface area contributed by atoms with Gasteiger partial charge in [-0.3, -0.25) is 19.2 Å². The lowest BCUT2D eigenvalue weighted by molar-refractivity contribution is -0.131. The van der Waals surface area contributed by atoms with Crippen molar-refractivity contribution in [3.63, 3.8) is 0 Å². The Kier molecular flexibility index (Phi) is 16.3. The van der Waals surface area contributed by atoms with Crippen LogP contribution in [-0.4, -0.2) is 107 Å². The summed E-state index contributed by atoms with van der Waals surface area (Å²) in [5.41, 5.74) is 3.27. The van der Waals surface area contributed by atoms with E-state index in [0.29, 0.717) is 63.8 Å². The molecule has 0 aromatic heterocycles. The van der Waals surface area contributed by atoms with Crippen LogP contribution in [0, 0.1) is 0 Å². The standard InChI is InChI=1S/C35H54N8O5/c1-36-14-6-10-28(33(46)40-17-16-38-3)42-32(45)22-27-19-23-8-5-9-24(18-23)25-12-13-31(44)26(20-25)21-30(39-4)35(48)43-29(34(47)41-27)11-7-15-37-2/h5,8-9,12-13,18,20,27-30,36-39,44H,6-7,10-11,14-17,19,21-22H2,1-4H3,(H,40,46)(H,41,47)(H,42,45)(H,43,48)/t27-,28-,29-,30-/m0/s1. The second-order valence-corrected chi connectivity index (χ2v) is 12.3. The highest BCUT2D eigenvalue weighted by Gasteiger charge is 2.29. The number of likely N-dealkylation sites (N-methyl/N-ethyl adjacent to an activating group) is 2. The molecule has 1 heterocycles. The van der Waals surface area contributed by atoms with Crippen LogP contribution in [0.1, 0.15) is 43.2 Å². The molecule has 264 valence electrons. The van der Waals surface area contributed by atoms with E-state index in [1.807, 2.05) is 50.5 Å². The Hall–Kier alpha value is -4.04. The Morgan fingerprint density at radius 3 is 2.31 bits per heavy atom. The Balaban J connectivity index is 1.94. The third-order valence-electron chi connectivity index (χ3n) is 8.49. The first kappa shape index (κ1) is 38.4. The molecule has 0 fully saturated rings. The van der Waals surface area contributed by atoms with E-state index in [-0.39, 0.29) is 36.3 Å². The van der Waals surface area contributed by atoms with Gasteiger partial charge >= 0.3 is 0 Å². The summed E-state index contributed by atoms with van der Waals surface area (Å²) in [5, 5.41) is 34.6. The van der Waals surface area contributed by atoms with Crippen molar-refractivity contribution < 1.29 is 24.3 Å². The van der Waals surface area contributed by atoms with E-state index in [9.17, 15) is 24.3 Å². The van der Waals surface area contributed by atoms with E-state index >= 15 is 0 Å². The van der Waals surface area contributed by atoms with Gasteiger partial charge in [0.05, 0.1) is 6.04 Å². The number of hydrogen-bond donors (Lipinski definition) is 9. The van der Waals surface area contributed by atoms with Gasteiger partial charge in [0, 0.05) is 32.0 Å². The van der Waals surface area contributed by atoms with Crippen molar-refractivity contribution in [2.45, 2.75) is 69.1 Å². The smallest absolute Gasteiger partial charge is 0.242 e. The molecule has 0 saturated carbocycles. The number of carbonyl (C=O) groups excluding carboxylic acids is 4. The largest absolute Gasteiger partial charge is 0.508 e. The van der Waals surface area contributed by atoms with Gasteiger partial charge in [0.25, 0.3) is 0 Å². The van der Waals surface area contributed by atoms with Gasteiger partial charge in [0.1, 0.15) is 17.8 Å². The zero-order valence-electron chi connectivity index (χ0n) is 28.7. The second-order valence-electron chi connectivity index (χ2n) is 12.3. The number of benzene rings is 2. The molecule has 3 rings (SSSR count). The maximum Gasteiger partial charge on any atom is 0.242 e. The topological polar surface area (TPSA) is 185 Å². The van der Waals surface area contributed by atoms with Crippen molar-refractivity contribution in [1.82, 2.24) is 42.5 Å².